The SMILES string of the molecule is CCOC(=O)c1n[nH]nc1-c1cccc(OCCOc2cccc(C(=O)OC)c2)c1. The van der Waals surface area contributed by atoms with Crippen LogP contribution in [0.25, 0.3) is 11.3 Å². The van der Waals surface area contributed by atoms with Gasteiger partial charge in [0.05, 0.1) is 19.3 Å². The number of esters is 2. The highest BCUT2D eigenvalue weighted by Gasteiger charge is 2.19. The van der Waals surface area contributed by atoms with Crippen molar-refractivity contribution in [3.05, 3.63) is 59.8 Å². The van der Waals surface area contributed by atoms with Gasteiger partial charge in [-0.3, -0.25) is 0 Å². The average Bonchev–Trinajstić information content (AvgIpc) is 3.27. The summed E-state index contributed by atoms with van der Waals surface area (Å²) in [5.74, 6) is 0.146. The second-order valence-electron chi connectivity index (χ2n) is 5.99. The quantitative estimate of drug-likeness (QED) is 0.422. The van der Waals surface area contributed by atoms with Crippen LogP contribution >= 0.6 is 0 Å². The summed E-state index contributed by atoms with van der Waals surface area (Å²) in [6.07, 6.45) is 0. The van der Waals surface area contributed by atoms with Crippen LogP contribution in [-0.4, -0.2) is 54.3 Å². The standard InChI is InChI=1S/C21H21N3O6/c1-3-28-21(26)19-18(22-24-23-19)14-6-4-8-16(12-14)29-10-11-30-17-9-5-7-15(13-17)20(25)27-2/h4-9,12-13H,3,10-11H2,1-2H3,(H,22,23,24). The number of carbonyl (C=O) groups is 2. The molecule has 0 saturated heterocycles. The van der Waals surface area contributed by atoms with Gasteiger partial charge in [0.1, 0.15) is 30.4 Å². The Bertz CT molecular complexity index is 1020. The summed E-state index contributed by atoms with van der Waals surface area (Å²) in [4.78, 5) is 23.6. The van der Waals surface area contributed by atoms with Gasteiger partial charge in [-0.25, -0.2) is 9.59 Å². The van der Waals surface area contributed by atoms with Crippen molar-refractivity contribution in [1.82, 2.24) is 15.4 Å². The molecule has 0 atom stereocenters. The zero-order valence-corrected chi connectivity index (χ0v) is 16.6. The molecule has 0 fully saturated rings. The number of nitrogens with zero attached hydrogens (tertiary/aromatic N) is 2. The highest BCUT2D eigenvalue weighted by atomic mass is 16.5. The van der Waals surface area contributed by atoms with Crippen LogP contribution in [0.1, 0.15) is 27.8 Å². The van der Waals surface area contributed by atoms with E-state index in [2.05, 4.69) is 15.4 Å². The molecule has 0 unspecified atom stereocenters. The van der Waals surface area contributed by atoms with Crippen LogP contribution in [0.2, 0.25) is 0 Å². The minimum absolute atomic E-state index is 0.114. The molecule has 1 heterocycles. The fourth-order valence-electron chi connectivity index (χ4n) is 2.66. The first-order valence-electron chi connectivity index (χ1n) is 9.24. The third-order valence-electron chi connectivity index (χ3n) is 4.00. The predicted octanol–water partition coefficient (Wildman–Crippen LogP) is 2.89. The van der Waals surface area contributed by atoms with Crippen LogP contribution in [0, 0.1) is 0 Å². The van der Waals surface area contributed by atoms with Gasteiger partial charge in [0.25, 0.3) is 0 Å². The number of aromatic nitrogens is 3. The van der Waals surface area contributed by atoms with Crippen molar-refractivity contribution in [2.45, 2.75) is 6.92 Å². The van der Waals surface area contributed by atoms with Crippen LogP contribution in [-0.2, 0) is 9.47 Å². The van der Waals surface area contributed by atoms with Crippen molar-refractivity contribution in [2.75, 3.05) is 26.9 Å². The molecule has 0 bridgehead atoms. The van der Waals surface area contributed by atoms with Gasteiger partial charge < -0.3 is 18.9 Å². The van der Waals surface area contributed by atoms with Gasteiger partial charge in [-0.15, -0.1) is 5.10 Å². The number of hydrogen-bond acceptors (Lipinski definition) is 8. The van der Waals surface area contributed by atoms with E-state index >= 15 is 0 Å². The lowest BCUT2D eigenvalue weighted by Crippen LogP contribution is -2.10. The van der Waals surface area contributed by atoms with Crippen molar-refractivity contribution in [1.29, 1.82) is 0 Å². The van der Waals surface area contributed by atoms with Crippen LogP contribution in [0.3, 0.4) is 0 Å². The molecule has 3 rings (SSSR count). The molecule has 0 aliphatic heterocycles. The molecule has 3 aromatic rings. The monoisotopic (exact) mass is 411 g/mol. The number of ether oxygens (including phenoxy) is 4. The Morgan fingerprint density at radius 1 is 0.933 bits per heavy atom. The molecule has 1 N–H and O–H groups in total. The fraction of sp³-hybridized carbons (Fsp3) is 0.238. The Balaban J connectivity index is 1.59. The maximum atomic E-state index is 12.0. The number of nitrogens with one attached hydrogen (secondary N) is 1. The van der Waals surface area contributed by atoms with E-state index in [1.807, 2.05) is 0 Å². The Labute approximate surface area is 172 Å². The number of hydrogen-bond donors (Lipinski definition) is 1. The van der Waals surface area contributed by atoms with E-state index in [4.69, 9.17) is 18.9 Å². The summed E-state index contributed by atoms with van der Waals surface area (Å²) in [5.41, 5.74) is 1.57. The molecule has 9 heteroatoms. The summed E-state index contributed by atoms with van der Waals surface area (Å²) in [6.45, 7) is 2.51. The number of carbonyl (C=O) groups excluding carboxylic acids is 2. The number of rotatable bonds is 9. The maximum absolute atomic E-state index is 12.0. The molecule has 156 valence electrons. The molecule has 0 aliphatic carbocycles. The third kappa shape index (κ3) is 5.13. The smallest absolute Gasteiger partial charge is 0.361 e. The molecule has 0 aliphatic rings. The number of methoxy groups -OCH3 is 1. The number of benzene rings is 2. The maximum Gasteiger partial charge on any atom is 0.361 e. The van der Waals surface area contributed by atoms with Crippen molar-refractivity contribution in [2.24, 2.45) is 0 Å². The summed E-state index contributed by atoms with van der Waals surface area (Å²) in [7, 11) is 1.33. The zero-order chi connectivity index (χ0) is 21.3. The van der Waals surface area contributed by atoms with Gasteiger partial charge in [0, 0.05) is 5.56 Å². The molecular formula is C21H21N3O6. The molecule has 0 spiro atoms. The Kier molecular flexibility index (Phi) is 6.99. The molecule has 0 saturated carbocycles. The van der Waals surface area contributed by atoms with Gasteiger partial charge >= 0.3 is 11.9 Å². The minimum atomic E-state index is -0.546. The van der Waals surface area contributed by atoms with Crippen molar-refractivity contribution >= 4 is 11.9 Å². The Hall–Kier alpha value is -3.88. The van der Waals surface area contributed by atoms with E-state index in [1.54, 1.807) is 55.5 Å². The molecule has 0 amide bonds. The van der Waals surface area contributed by atoms with Crippen molar-refractivity contribution in [3.8, 4) is 22.8 Å². The second-order valence-corrected chi connectivity index (χ2v) is 5.99. The van der Waals surface area contributed by atoms with E-state index in [9.17, 15) is 9.59 Å². The van der Waals surface area contributed by atoms with Crippen molar-refractivity contribution < 1.29 is 28.5 Å². The highest BCUT2D eigenvalue weighted by molar-refractivity contribution is 5.94. The first-order chi connectivity index (χ1) is 14.6. The molecular weight excluding hydrogens is 390 g/mol. The lowest BCUT2D eigenvalue weighted by Gasteiger charge is -2.10. The molecule has 1 aromatic heterocycles. The van der Waals surface area contributed by atoms with E-state index in [-0.39, 0.29) is 25.5 Å². The van der Waals surface area contributed by atoms with E-state index < -0.39 is 11.9 Å². The summed E-state index contributed by atoms with van der Waals surface area (Å²) in [6, 6.07) is 13.8. The molecule has 2 aromatic carbocycles. The van der Waals surface area contributed by atoms with Crippen LogP contribution in [0.5, 0.6) is 11.5 Å². The van der Waals surface area contributed by atoms with Crippen LogP contribution < -0.4 is 9.47 Å². The zero-order valence-electron chi connectivity index (χ0n) is 16.6. The fourth-order valence-corrected chi connectivity index (χ4v) is 2.66. The summed E-state index contributed by atoms with van der Waals surface area (Å²) < 4.78 is 21.0. The lowest BCUT2D eigenvalue weighted by atomic mass is 10.1. The minimum Gasteiger partial charge on any atom is -0.490 e. The number of H-pyrrole nitrogens is 1. The summed E-state index contributed by atoms with van der Waals surface area (Å²) >= 11 is 0. The normalized spacial score (nSPS) is 10.3. The largest absolute Gasteiger partial charge is 0.490 e. The van der Waals surface area contributed by atoms with Crippen LogP contribution in [0.15, 0.2) is 48.5 Å². The van der Waals surface area contributed by atoms with Gasteiger partial charge in [-0.1, -0.05) is 18.2 Å². The Morgan fingerprint density at radius 3 is 2.33 bits per heavy atom. The van der Waals surface area contributed by atoms with Gasteiger partial charge in [0.2, 0.25) is 0 Å². The van der Waals surface area contributed by atoms with E-state index in [0.29, 0.717) is 28.3 Å². The van der Waals surface area contributed by atoms with E-state index in [1.165, 1.54) is 7.11 Å². The van der Waals surface area contributed by atoms with Gasteiger partial charge in [-0.2, -0.15) is 10.3 Å². The predicted molar refractivity (Wildman–Crippen MR) is 107 cm³/mol. The lowest BCUT2D eigenvalue weighted by molar-refractivity contribution is 0.0519. The molecule has 9 nitrogen and oxygen atoms in total. The first-order valence-corrected chi connectivity index (χ1v) is 9.24. The first kappa shape index (κ1) is 20.8. The third-order valence-corrected chi connectivity index (χ3v) is 4.00. The van der Waals surface area contributed by atoms with E-state index in [0.717, 1.165) is 0 Å². The topological polar surface area (TPSA) is 113 Å². The Morgan fingerprint density at radius 2 is 1.63 bits per heavy atom. The summed E-state index contributed by atoms with van der Waals surface area (Å²) in [5, 5.41) is 10.4. The average molecular weight is 411 g/mol. The van der Waals surface area contributed by atoms with Crippen molar-refractivity contribution in [3.63, 3.8) is 0 Å². The number of aromatic amines is 1. The highest BCUT2D eigenvalue weighted by Crippen LogP contribution is 2.24. The van der Waals surface area contributed by atoms with Crippen LogP contribution in [0.4, 0.5) is 0 Å². The van der Waals surface area contributed by atoms with Gasteiger partial charge in [-0.05, 0) is 37.3 Å². The second kappa shape index (κ2) is 10.1. The molecule has 0 radical (unpaired) electrons. The van der Waals surface area contributed by atoms with Gasteiger partial charge in [0.15, 0.2) is 5.69 Å². The molecule has 30 heavy (non-hydrogen) atoms.